The van der Waals surface area contributed by atoms with Crippen LogP contribution in [0.1, 0.15) is 17.2 Å². The molecule has 58 valence electrons. The number of nitrogens with one attached hydrogen (secondary N) is 1. The average molecular weight is 168 g/mol. The summed E-state index contributed by atoms with van der Waals surface area (Å²) in [6, 6.07) is 6.62. The predicted octanol–water partition coefficient (Wildman–Crippen LogP) is 2.16. The van der Waals surface area contributed by atoms with E-state index in [-0.39, 0.29) is 0 Å². The summed E-state index contributed by atoms with van der Waals surface area (Å²) in [6.45, 7) is 0. The Labute approximate surface area is 71.4 Å². The van der Waals surface area contributed by atoms with E-state index in [4.69, 9.17) is 11.6 Å². The van der Waals surface area contributed by atoms with Crippen molar-refractivity contribution in [2.24, 2.45) is 0 Å². The fraction of sp³-hybridized carbons (Fsp3) is 0.333. The lowest BCUT2D eigenvalue weighted by molar-refractivity contribution is 0.530. The van der Waals surface area contributed by atoms with Crippen molar-refractivity contribution in [2.45, 2.75) is 12.5 Å². The first kappa shape index (κ1) is 7.14. The molecule has 2 rings (SSSR count). The lowest BCUT2D eigenvalue weighted by atomic mass is 9.83. The predicted molar refractivity (Wildman–Crippen MR) is 47.0 cm³/mol. The molecule has 0 fully saturated rings. The van der Waals surface area contributed by atoms with E-state index in [1.165, 1.54) is 11.1 Å². The molecular weight excluding hydrogens is 158 g/mol. The Morgan fingerprint density at radius 2 is 2.36 bits per heavy atom. The van der Waals surface area contributed by atoms with E-state index in [2.05, 4.69) is 11.4 Å². The summed E-state index contributed by atoms with van der Waals surface area (Å²) in [6.07, 6.45) is 1.07. The van der Waals surface area contributed by atoms with Crippen molar-refractivity contribution < 1.29 is 0 Å². The number of likely N-dealkylation sites (N-methyl/N-ethyl adjacent to an activating group) is 1. The van der Waals surface area contributed by atoms with Gasteiger partial charge in [0.25, 0.3) is 0 Å². The molecule has 0 heterocycles. The molecule has 1 aromatic rings. The van der Waals surface area contributed by atoms with Crippen molar-refractivity contribution in [2.75, 3.05) is 7.05 Å². The maximum Gasteiger partial charge on any atom is 0.0442 e. The van der Waals surface area contributed by atoms with E-state index in [1.807, 2.05) is 19.2 Å². The van der Waals surface area contributed by atoms with Crippen LogP contribution in [0.2, 0.25) is 5.02 Å². The van der Waals surface area contributed by atoms with Crippen LogP contribution in [-0.2, 0) is 6.42 Å². The minimum atomic E-state index is 0.531. The number of hydrogen-bond donors (Lipinski definition) is 1. The maximum atomic E-state index is 5.96. The van der Waals surface area contributed by atoms with Gasteiger partial charge in [-0.2, -0.15) is 0 Å². The van der Waals surface area contributed by atoms with Crippen LogP contribution in [-0.4, -0.2) is 7.05 Å². The molecule has 1 nitrogen and oxygen atoms in total. The van der Waals surface area contributed by atoms with Crippen LogP contribution in [0.15, 0.2) is 18.2 Å². The van der Waals surface area contributed by atoms with Gasteiger partial charge in [-0.25, -0.2) is 0 Å². The van der Waals surface area contributed by atoms with E-state index in [9.17, 15) is 0 Å². The quantitative estimate of drug-likeness (QED) is 0.676. The zero-order valence-corrected chi connectivity index (χ0v) is 7.15. The molecule has 0 spiro atoms. The Kier molecular flexibility index (Phi) is 1.63. The van der Waals surface area contributed by atoms with Gasteiger partial charge in [0.15, 0.2) is 0 Å². The Morgan fingerprint density at radius 1 is 1.55 bits per heavy atom. The van der Waals surface area contributed by atoms with Gasteiger partial charge >= 0.3 is 0 Å². The Balaban J connectivity index is 2.41. The molecule has 1 atom stereocenters. The standard InChI is InChI=1S/C9H10ClN/c1-11-9-5-7-6(9)3-2-4-8(7)10/h2-4,9,11H,5H2,1H3. The summed E-state index contributed by atoms with van der Waals surface area (Å²) < 4.78 is 0. The molecule has 0 amide bonds. The first-order valence-corrected chi connectivity index (χ1v) is 4.15. The highest BCUT2D eigenvalue weighted by Gasteiger charge is 2.25. The van der Waals surface area contributed by atoms with Gasteiger partial charge in [-0.15, -0.1) is 0 Å². The van der Waals surface area contributed by atoms with E-state index in [1.54, 1.807) is 0 Å². The minimum Gasteiger partial charge on any atom is -0.313 e. The zero-order chi connectivity index (χ0) is 7.84. The molecule has 0 aromatic heterocycles. The van der Waals surface area contributed by atoms with Gasteiger partial charge in [-0.05, 0) is 30.7 Å². The number of benzene rings is 1. The van der Waals surface area contributed by atoms with Crippen molar-refractivity contribution in [1.29, 1.82) is 0 Å². The molecule has 0 saturated carbocycles. The van der Waals surface area contributed by atoms with Crippen LogP contribution in [0.25, 0.3) is 0 Å². The van der Waals surface area contributed by atoms with E-state index in [0.29, 0.717) is 6.04 Å². The van der Waals surface area contributed by atoms with Crippen LogP contribution < -0.4 is 5.32 Å². The summed E-state index contributed by atoms with van der Waals surface area (Å²) in [5.41, 5.74) is 2.67. The van der Waals surface area contributed by atoms with Crippen molar-refractivity contribution in [3.05, 3.63) is 34.3 Å². The van der Waals surface area contributed by atoms with Gasteiger partial charge in [0.1, 0.15) is 0 Å². The topological polar surface area (TPSA) is 12.0 Å². The number of halogens is 1. The van der Waals surface area contributed by atoms with Crippen LogP contribution in [0, 0.1) is 0 Å². The number of fused-ring (bicyclic) bond motifs is 1. The lowest BCUT2D eigenvalue weighted by Crippen LogP contribution is -2.28. The van der Waals surface area contributed by atoms with E-state index >= 15 is 0 Å². The lowest BCUT2D eigenvalue weighted by Gasteiger charge is -2.30. The van der Waals surface area contributed by atoms with Crippen molar-refractivity contribution in [3.63, 3.8) is 0 Å². The number of rotatable bonds is 1. The molecule has 1 N–H and O–H groups in total. The van der Waals surface area contributed by atoms with Crippen LogP contribution in [0.5, 0.6) is 0 Å². The van der Waals surface area contributed by atoms with Crippen molar-refractivity contribution >= 4 is 11.6 Å². The Bertz CT molecular complexity index is 283. The highest BCUT2D eigenvalue weighted by molar-refractivity contribution is 6.31. The largest absolute Gasteiger partial charge is 0.313 e. The average Bonchev–Trinajstić information content (AvgIpc) is 1.95. The van der Waals surface area contributed by atoms with Crippen molar-refractivity contribution in [1.82, 2.24) is 5.32 Å². The van der Waals surface area contributed by atoms with E-state index < -0.39 is 0 Å². The van der Waals surface area contributed by atoms with Crippen LogP contribution in [0.4, 0.5) is 0 Å². The summed E-state index contributed by atoms with van der Waals surface area (Å²) in [4.78, 5) is 0. The Morgan fingerprint density at radius 3 is 3.09 bits per heavy atom. The van der Waals surface area contributed by atoms with Gasteiger partial charge in [0.2, 0.25) is 0 Å². The first-order valence-electron chi connectivity index (χ1n) is 3.77. The fourth-order valence-corrected chi connectivity index (χ4v) is 1.82. The molecule has 0 radical (unpaired) electrons. The summed E-state index contributed by atoms with van der Waals surface area (Å²) in [5.74, 6) is 0. The molecule has 2 heteroatoms. The van der Waals surface area contributed by atoms with Gasteiger partial charge in [-0.1, -0.05) is 23.7 Å². The second kappa shape index (κ2) is 2.50. The molecule has 1 aliphatic rings. The molecule has 1 aliphatic carbocycles. The Hall–Kier alpha value is -0.530. The third-order valence-corrected chi connectivity index (χ3v) is 2.64. The van der Waals surface area contributed by atoms with Gasteiger partial charge in [0, 0.05) is 11.1 Å². The second-order valence-electron chi connectivity index (χ2n) is 2.85. The second-order valence-corrected chi connectivity index (χ2v) is 3.26. The molecule has 1 unspecified atom stereocenters. The highest BCUT2D eigenvalue weighted by atomic mass is 35.5. The molecule has 0 bridgehead atoms. The fourth-order valence-electron chi connectivity index (χ4n) is 1.56. The number of hydrogen-bond acceptors (Lipinski definition) is 1. The molecule has 0 aliphatic heterocycles. The van der Waals surface area contributed by atoms with Gasteiger partial charge < -0.3 is 5.32 Å². The monoisotopic (exact) mass is 167 g/mol. The summed E-state index contributed by atoms with van der Waals surface area (Å²) in [7, 11) is 1.98. The molecule has 0 saturated heterocycles. The van der Waals surface area contributed by atoms with E-state index in [0.717, 1.165) is 11.4 Å². The van der Waals surface area contributed by atoms with Crippen LogP contribution in [0.3, 0.4) is 0 Å². The smallest absolute Gasteiger partial charge is 0.0442 e. The maximum absolute atomic E-state index is 5.96. The highest BCUT2D eigenvalue weighted by Crippen LogP contribution is 2.37. The van der Waals surface area contributed by atoms with Gasteiger partial charge in [0.05, 0.1) is 0 Å². The zero-order valence-electron chi connectivity index (χ0n) is 6.39. The third kappa shape index (κ3) is 0.959. The molecule has 11 heavy (non-hydrogen) atoms. The summed E-state index contributed by atoms with van der Waals surface area (Å²) in [5, 5.41) is 4.14. The third-order valence-electron chi connectivity index (χ3n) is 2.29. The molecular formula is C9H10ClN. The SMILES string of the molecule is CNC1Cc2c(Cl)cccc21. The summed E-state index contributed by atoms with van der Waals surface area (Å²) >= 11 is 5.96. The molecule has 1 aromatic carbocycles. The van der Waals surface area contributed by atoms with Crippen LogP contribution >= 0.6 is 11.6 Å². The van der Waals surface area contributed by atoms with Gasteiger partial charge in [-0.3, -0.25) is 0 Å². The normalized spacial score (nSPS) is 20.7. The first-order chi connectivity index (χ1) is 5.33. The van der Waals surface area contributed by atoms with Crippen molar-refractivity contribution in [3.8, 4) is 0 Å². The minimum absolute atomic E-state index is 0.531.